The fraction of sp³-hybridized carbons (Fsp3) is 0.538. The molecule has 1 aromatic rings. The standard InChI is InChI=1S/C13H15Cl2NO2/c14-11-7-9(8-16-12(11)15)13(17)18-10-5-3-1-2-4-6-10/h7-8,10H,1-6H2. The van der Waals surface area contributed by atoms with Gasteiger partial charge in [0.25, 0.3) is 0 Å². The summed E-state index contributed by atoms with van der Waals surface area (Å²) in [6.07, 6.45) is 8.00. The summed E-state index contributed by atoms with van der Waals surface area (Å²) < 4.78 is 5.47. The van der Waals surface area contributed by atoms with Gasteiger partial charge in [0.15, 0.2) is 0 Å². The highest BCUT2D eigenvalue weighted by atomic mass is 35.5. The summed E-state index contributed by atoms with van der Waals surface area (Å²) in [4.78, 5) is 15.8. The second-order valence-corrected chi connectivity index (χ2v) is 5.28. The number of halogens is 2. The van der Waals surface area contributed by atoms with Crippen molar-refractivity contribution < 1.29 is 9.53 Å². The van der Waals surface area contributed by atoms with Crippen LogP contribution in [0.25, 0.3) is 0 Å². The van der Waals surface area contributed by atoms with Gasteiger partial charge >= 0.3 is 5.97 Å². The summed E-state index contributed by atoms with van der Waals surface area (Å²) in [6.45, 7) is 0. The first-order chi connectivity index (χ1) is 8.66. The molecule has 0 bridgehead atoms. The first kappa shape index (κ1) is 13.6. The number of hydrogen-bond acceptors (Lipinski definition) is 3. The molecule has 1 aliphatic carbocycles. The molecule has 0 spiro atoms. The third kappa shape index (κ3) is 3.59. The van der Waals surface area contributed by atoms with Crippen LogP contribution in [-0.2, 0) is 4.74 Å². The van der Waals surface area contributed by atoms with Gasteiger partial charge in [-0.15, -0.1) is 0 Å². The number of carbonyl (C=O) groups is 1. The van der Waals surface area contributed by atoms with Crippen LogP contribution in [0.3, 0.4) is 0 Å². The van der Waals surface area contributed by atoms with Crippen molar-refractivity contribution in [3.05, 3.63) is 28.0 Å². The minimum Gasteiger partial charge on any atom is -0.459 e. The van der Waals surface area contributed by atoms with Gasteiger partial charge in [-0.1, -0.05) is 36.0 Å². The van der Waals surface area contributed by atoms with Crippen LogP contribution in [0, 0.1) is 0 Å². The van der Waals surface area contributed by atoms with Crippen molar-refractivity contribution in [2.24, 2.45) is 0 Å². The fourth-order valence-corrected chi connectivity index (χ4v) is 2.38. The van der Waals surface area contributed by atoms with Crippen LogP contribution in [0.15, 0.2) is 12.3 Å². The lowest BCUT2D eigenvalue weighted by Gasteiger charge is -2.15. The van der Waals surface area contributed by atoms with Crippen LogP contribution in [0.5, 0.6) is 0 Å². The molecule has 0 radical (unpaired) electrons. The maximum Gasteiger partial charge on any atom is 0.340 e. The summed E-state index contributed by atoms with van der Waals surface area (Å²) in [7, 11) is 0. The number of ether oxygens (including phenoxy) is 1. The van der Waals surface area contributed by atoms with E-state index in [9.17, 15) is 4.79 Å². The number of nitrogens with zero attached hydrogens (tertiary/aromatic N) is 1. The predicted octanol–water partition coefficient (Wildman–Crippen LogP) is 4.27. The lowest BCUT2D eigenvalue weighted by molar-refractivity contribution is 0.0267. The summed E-state index contributed by atoms with van der Waals surface area (Å²) >= 11 is 11.5. The third-order valence-electron chi connectivity index (χ3n) is 3.11. The Balaban J connectivity index is 1.99. The van der Waals surface area contributed by atoms with E-state index in [1.165, 1.54) is 25.1 Å². The SMILES string of the molecule is O=C(OC1CCCCCC1)c1cnc(Cl)c(Cl)c1. The average Bonchev–Trinajstić information content (AvgIpc) is 2.61. The third-order valence-corrected chi connectivity index (χ3v) is 3.79. The monoisotopic (exact) mass is 287 g/mol. The van der Waals surface area contributed by atoms with E-state index < -0.39 is 0 Å². The van der Waals surface area contributed by atoms with Gasteiger partial charge in [-0.2, -0.15) is 0 Å². The van der Waals surface area contributed by atoms with Gasteiger partial charge in [0, 0.05) is 6.20 Å². The summed E-state index contributed by atoms with van der Waals surface area (Å²) in [5.74, 6) is -0.368. The lowest BCUT2D eigenvalue weighted by Crippen LogP contribution is -2.17. The highest BCUT2D eigenvalue weighted by Crippen LogP contribution is 2.23. The van der Waals surface area contributed by atoms with Crippen LogP contribution in [0.4, 0.5) is 0 Å². The van der Waals surface area contributed by atoms with E-state index in [1.807, 2.05) is 0 Å². The molecule has 5 heteroatoms. The van der Waals surface area contributed by atoms with E-state index in [4.69, 9.17) is 27.9 Å². The number of aromatic nitrogens is 1. The second kappa shape index (κ2) is 6.39. The summed E-state index contributed by atoms with van der Waals surface area (Å²) in [6, 6.07) is 1.50. The Kier molecular flexibility index (Phi) is 4.84. The highest BCUT2D eigenvalue weighted by molar-refractivity contribution is 6.41. The molecule has 1 aromatic heterocycles. The molecule has 0 amide bonds. The molecule has 0 N–H and O–H groups in total. The Hall–Kier alpha value is -0.800. The molecule has 0 aromatic carbocycles. The second-order valence-electron chi connectivity index (χ2n) is 4.52. The van der Waals surface area contributed by atoms with Crippen molar-refractivity contribution in [3.8, 4) is 0 Å². The Morgan fingerprint density at radius 3 is 2.50 bits per heavy atom. The zero-order valence-electron chi connectivity index (χ0n) is 9.99. The molecule has 0 saturated heterocycles. The number of rotatable bonds is 2. The van der Waals surface area contributed by atoms with Crippen molar-refractivity contribution in [1.29, 1.82) is 0 Å². The Bertz CT molecular complexity index is 429. The predicted molar refractivity (Wildman–Crippen MR) is 71.2 cm³/mol. The minimum absolute atomic E-state index is 0.0226. The number of esters is 1. The molecule has 0 atom stereocenters. The average molecular weight is 288 g/mol. The molecular formula is C13H15Cl2NO2. The van der Waals surface area contributed by atoms with Gasteiger partial charge < -0.3 is 4.74 Å². The van der Waals surface area contributed by atoms with Gasteiger partial charge in [-0.3, -0.25) is 0 Å². The topological polar surface area (TPSA) is 39.2 Å². The van der Waals surface area contributed by atoms with Gasteiger partial charge in [-0.05, 0) is 31.7 Å². The molecule has 1 heterocycles. The van der Waals surface area contributed by atoms with Crippen molar-refractivity contribution in [1.82, 2.24) is 4.98 Å². The van der Waals surface area contributed by atoms with Gasteiger partial charge in [-0.25, -0.2) is 9.78 Å². The van der Waals surface area contributed by atoms with Crippen molar-refractivity contribution in [2.75, 3.05) is 0 Å². The van der Waals surface area contributed by atoms with E-state index in [0.29, 0.717) is 5.56 Å². The van der Waals surface area contributed by atoms with Crippen LogP contribution < -0.4 is 0 Å². The molecule has 1 fully saturated rings. The summed E-state index contributed by atoms with van der Waals surface area (Å²) in [5, 5.41) is 0.467. The van der Waals surface area contributed by atoms with Crippen LogP contribution in [0.2, 0.25) is 10.2 Å². The zero-order valence-corrected chi connectivity index (χ0v) is 11.5. The molecule has 2 rings (SSSR count). The van der Waals surface area contributed by atoms with E-state index in [-0.39, 0.29) is 22.2 Å². The first-order valence-corrected chi connectivity index (χ1v) is 6.94. The Morgan fingerprint density at radius 1 is 1.22 bits per heavy atom. The Morgan fingerprint density at radius 2 is 1.89 bits per heavy atom. The van der Waals surface area contributed by atoms with E-state index in [2.05, 4.69) is 4.98 Å². The maximum absolute atomic E-state index is 11.9. The highest BCUT2D eigenvalue weighted by Gasteiger charge is 2.18. The van der Waals surface area contributed by atoms with Gasteiger partial charge in [0.1, 0.15) is 11.3 Å². The molecule has 0 aliphatic heterocycles. The molecular weight excluding hydrogens is 273 g/mol. The molecule has 18 heavy (non-hydrogen) atoms. The smallest absolute Gasteiger partial charge is 0.340 e. The van der Waals surface area contributed by atoms with Crippen LogP contribution in [-0.4, -0.2) is 17.1 Å². The number of pyridine rings is 1. The van der Waals surface area contributed by atoms with Crippen molar-refractivity contribution >= 4 is 29.2 Å². The first-order valence-electron chi connectivity index (χ1n) is 6.19. The van der Waals surface area contributed by atoms with Crippen LogP contribution >= 0.6 is 23.2 Å². The zero-order chi connectivity index (χ0) is 13.0. The normalized spacial score (nSPS) is 17.2. The van der Waals surface area contributed by atoms with E-state index in [1.54, 1.807) is 0 Å². The molecule has 1 aliphatic rings. The van der Waals surface area contributed by atoms with Gasteiger partial charge in [0.05, 0.1) is 10.6 Å². The molecule has 1 saturated carbocycles. The van der Waals surface area contributed by atoms with E-state index in [0.717, 1.165) is 25.7 Å². The number of hydrogen-bond donors (Lipinski definition) is 0. The fourth-order valence-electron chi connectivity index (χ4n) is 2.11. The van der Waals surface area contributed by atoms with E-state index >= 15 is 0 Å². The van der Waals surface area contributed by atoms with Crippen molar-refractivity contribution in [3.63, 3.8) is 0 Å². The summed E-state index contributed by atoms with van der Waals surface area (Å²) in [5.41, 5.74) is 0.355. The molecule has 98 valence electrons. The van der Waals surface area contributed by atoms with Gasteiger partial charge in [0.2, 0.25) is 0 Å². The van der Waals surface area contributed by atoms with Crippen molar-refractivity contribution in [2.45, 2.75) is 44.6 Å². The lowest BCUT2D eigenvalue weighted by atomic mass is 10.1. The largest absolute Gasteiger partial charge is 0.459 e. The quantitative estimate of drug-likeness (QED) is 0.463. The number of carbonyl (C=O) groups excluding carboxylic acids is 1. The minimum atomic E-state index is -0.368. The van der Waals surface area contributed by atoms with Crippen LogP contribution in [0.1, 0.15) is 48.9 Å². The molecule has 0 unspecified atom stereocenters. The molecule has 3 nitrogen and oxygen atoms in total. The Labute approximate surface area is 116 Å². The maximum atomic E-state index is 11.9.